The average Bonchev–Trinajstić information content (AvgIpc) is 3.33. The van der Waals surface area contributed by atoms with Gasteiger partial charge in [-0.15, -0.1) is 0 Å². The van der Waals surface area contributed by atoms with E-state index in [2.05, 4.69) is 55.6 Å². The second kappa shape index (κ2) is 12.3. The number of guanidine groups is 1. The molecule has 1 aromatic heterocycles. The van der Waals surface area contributed by atoms with Gasteiger partial charge in [-0.05, 0) is 68.7 Å². The molecule has 8 heteroatoms. The van der Waals surface area contributed by atoms with Crippen molar-refractivity contribution in [3.8, 4) is 5.69 Å². The molecule has 0 spiro atoms. The summed E-state index contributed by atoms with van der Waals surface area (Å²) in [6, 6.07) is 17.9. The predicted molar refractivity (Wildman–Crippen MR) is 134 cm³/mol. The third-order valence-electron chi connectivity index (χ3n) is 4.81. The van der Waals surface area contributed by atoms with Crippen molar-refractivity contribution < 1.29 is 4.79 Å². The number of nitrogens with zero attached hydrogens (tertiary/aromatic N) is 3. The number of urea groups is 1. The van der Waals surface area contributed by atoms with E-state index in [1.54, 1.807) is 6.20 Å². The zero-order valence-corrected chi connectivity index (χ0v) is 19.5. The van der Waals surface area contributed by atoms with Crippen molar-refractivity contribution in [2.75, 3.05) is 18.4 Å². The Hall–Kier alpha value is -3.81. The van der Waals surface area contributed by atoms with E-state index in [4.69, 9.17) is 0 Å². The molecule has 3 rings (SSSR count). The van der Waals surface area contributed by atoms with E-state index < -0.39 is 0 Å². The van der Waals surface area contributed by atoms with E-state index in [1.165, 1.54) is 5.56 Å². The lowest BCUT2D eigenvalue weighted by Gasteiger charge is -2.12. The lowest BCUT2D eigenvalue weighted by Crippen LogP contribution is -2.38. The molecule has 3 aromatic rings. The van der Waals surface area contributed by atoms with Gasteiger partial charge in [-0.25, -0.2) is 14.5 Å². The van der Waals surface area contributed by atoms with Gasteiger partial charge in [0.2, 0.25) is 0 Å². The summed E-state index contributed by atoms with van der Waals surface area (Å²) in [7, 11) is 0. The van der Waals surface area contributed by atoms with Gasteiger partial charge in [0.05, 0.1) is 12.2 Å². The van der Waals surface area contributed by atoms with Crippen LogP contribution < -0.4 is 21.3 Å². The van der Waals surface area contributed by atoms with Gasteiger partial charge < -0.3 is 21.3 Å². The van der Waals surface area contributed by atoms with Gasteiger partial charge in [0.15, 0.2) is 5.96 Å². The first-order valence-electron chi connectivity index (χ1n) is 11.3. The van der Waals surface area contributed by atoms with Crippen LogP contribution in [0, 0.1) is 0 Å². The van der Waals surface area contributed by atoms with Gasteiger partial charge in [0, 0.05) is 37.2 Å². The molecule has 0 aliphatic rings. The van der Waals surface area contributed by atoms with Crippen molar-refractivity contribution in [3.63, 3.8) is 0 Å². The topological polar surface area (TPSA) is 95.4 Å². The number of amides is 2. The predicted octanol–water partition coefficient (Wildman–Crippen LogP) is 3.70. The maximum Gasteiger partial charge on any atom is 0.319 e. The number of carbonyl (C=O) groups excluding carboxylic acids is 1. The second-order valence-corrected chi connectivity index (χ2v) is 7.94. The minimum Gasteiger partial charge on any atom is -0.357 e. The molecule has 174 valence electrons. The second-order valence-electron chi connectivity index (χ2n) is 7.94. The summed E-state index contributed by atoms with van der Waals surface area (Å²) in [5, 5.41) is 16.6. The van der Waals surface area contributed by atoms with Crippen molar-refractivity contribution in [3.05, 3.63) is 78.1 Å². The van der Waals surface area contributed by atoms with Crippen LogP contribution in [0.15, 0.2) is 72.0 Å². The van der Waals surface area contributed by atoms with Crippen LogP contribution in [0.5, 0.6) is 0 Å². The molecule has 2 aromatic carbocycles. The number of hydrogen-bond donors (Lipinski definition) is 4. The maximum absolute atomic E-state index is 11.8. The molecule has 8 nitrogen and oxygen atoms in total. The fraction of sp³-hybridized carbons (Fsp3) is 0.320. The Labute approximate surface area is 195 Å². The molecule has 0 saturated heterocycles. The first-order valence-corrected chi connectivity index (χ1v) is 11.3. The van der Waals surface area contributed by atoms with Gasteiger partial charge in [-0.3, -0.25) is 0 Å². The number of benzene rings is 2. The lowest BCUT2D eigenvalue weighted by atomic mass is 10.1. The van der Waals surface area contributed by atoms with Crippen LogP contribution in [-0.4, -0.2) is 40.9 Å². The molecule has 0 atom stereocenters. The molecule has 0 aliphatic carbocycles. The van der Waals surface area contributed by atoms with Gasteiger partial charge in [0.25, 0.3) is 0 Å². The SMILES string of the molecule is CCNC(=NCc1ccc(NC(=O)NC(C)C)cc1)NCCc1ccc(-n2cccn2)cc1. The highest BCUT2D eigenvalue weighted by Crippen LogP contribution is 2.11. The van der Waals surface area contributed by atoms with Crippen molar-refractivity contribution >= 4 is 17.7 Å². The zero-order valence-electron chi connectivity index (χ0n) is 19.5. The molecule has 0 fully saturated rings. The third kappa shape index (κ3) is 7.99. The van der Waals surface area contributed by atoms with Gasteiger partial charge in [-0.2, -0.15) is 5.10 Å². The number of hydrogen-bond acceptors (Lipinski definition) is 3. The first-order chi connectivity index (χ1) is 16.0. The third-order valence-corrected chi connectivity index (χ3v) is 4.81. The lowest BCUT2D eigenvalue weighted by molar-refractivity contribution is 0.250. The maximum atomic E-state index is 11.8. The molecule has 4 N–H and O–H groups in total. The largest absolute Gasteiger partial charge is 0.357 e. The van der Waals surface area contributed by atoms with Crippen LogP contribution in [0.2, 0.25) is 0 Å². The van der Waals surface area contributed by atoms with Crippen molar-refractivity contribution in [2.45, 2.75) is 39.8 Å². The Bertz CT molecular complexity index is 1010. The normalized spacial score (nSPS) is 11.3. The van der Waals surface area contributed by atoms with Crippen LogP contribution in [0.25, 0.3) is 5.69 Å². The van der Waals surface area contributed by atoms with E-state index in [9.17, 15) is 4.79 Å². The summed E-state index contributed by atoms with van der Waals surface area (Å²) in [5.74, 6) is 0.782. The number of anilines is 1. The Kier molecular flexibility index (Phi) is 8.88. The summed E-state index contributed by atoms with van der Waals surface area (Å²) in [6.45, 7) is 8.02. The number of aromatic nitrogens is 2. The van der Waals surface area contributed by atoms with E-state index in [1.807, 2.05) is 62.0 Å². The molecule has 33 heavy (non-hydrogen) atoms. The number of aliphatic imine (C=N–C) groups is 1. The standard InChI is InChI=1S/C25H33N7O/c1-4-26-24(27-16-14-20-8-12-23(13-9-20)32-17-5-15-29-32)28-18-21-6-10-22(11-7-21)31-25(33)30-19(2)3/h5-13,15,17,19H,4,14,16,18H2,1-3H3,(H2,26,27,28)(H2,30,31,33). The Morgan fingerprint density at radius 1 is 1.03 bits per heavy atom. The van der Waals surface area contributed by atoms with E-state index in [0.717, 1.165) is 42.4 Å². The highest BCUT2D eigenvalue weighted by Gasteiger charge is 2.04. The van der Waals surface area contributed by atoms with Crippen LogP contribution in [0.4, 0.5) is 10.5 Å². The molecular formula is C25H33N7O. The molecule has 1 heterocycles. The average molecular weight is 448 g/mol. The smallest absolute Gasteiger partial charge is 0.319 e. The molecule has 0 unspecified atom stereocenters. The van der Waals surface area contributed by atoms with Gasteiger partial charge in [-0.1, -0.05) is 24.3 Å². The van der Waals surface area contributed by atoms with Crippen LogP contribution in [0.1, 0.15) is 31.9 Å². The zero-order chi connectivity index (χ0) is 23.5. The number of nitrogens with one attached hydrogen (secondary N) is 4. The van der Waals surface area contributed by atoms with Crippen LogP contribution >= 0.6 is 0 Å². The minimum atomic E-state index is -0.203. The quantitative estimate of drug-likeness (QED) is 0.297. The van der Waals surface area contributed by atoms with Crippen LogP contribution in [0.3, 0.4) is 0 Å². The van der Waals surface area contributed by atoms with Crippen molar-refractivity contribution in [1.29, 1.82) is 0 Å². The van der Waals surface area contributed by atoms with Gasteiger partial charge in [0.1, 0.15) is 0 Å². The fourth-order valence-corrected chi connectivity index (χ4v) is 3.20. The Balaban J connectivity index is 1.48. The number of rotatable bonds is 9. The summed E-state index contributed by atoms with van der Waals surface area (Å²) in [4.78, 5) is 16.5. The molecule has 0 bridgehead atoms. The molecule has 0 saturated carbocycles. The monoisotopic (exact) mass is 447 g/mol. The number of carbonyl (C=O) groups is 1. The Morgan fingerprint density at radius 2 is 1.76 bits per heavy atom. The minimum absolute atomic E-state index is 0.0945. The van der Waals surface area contributed by atoms with Crippen molar-refractivity contribution in [1.82, 2.24) is 25.7 Å². The summed E-state index contributed by atoms with van der Waals surface area (Å²) in [5.41, 5.74) is 4.12. The summed E-state index contributed by atoms with van der Waals surface area (Å²) < 4.78 is 1.85. The van der Waals surface area contributed by atoms with Gasteiger partial charge >= 0.3 is 6.03 Å². The highest BCUT2D eigenvalue weighted by atomic mass is 16.2. The Morgan fingerprint density at radius 3 is 2.39 bits per heavy atom. The van der Waals surface area contributed by atoms with E-state index >= 15 is 0 Å². The molecule has 2 amide bonds. The molecule has 0 aliphatic heterocycles. The fourth-order valence-electron chi connectivity index (χ4n) is 3.20. The first kappa shape index (κ1) is 23.8. The van der Waals surface area contributed by atoms with Crippen LogP contribution in [-0.2, 0) is 13.0 Å². The van der Waals surface area contributed by atoms with E-state index in [0.29, 0.717) is 6.54 Å². The molecule has 0 radical (unpaired) electrons. The van der Waals surface area contributed by atoms with Crippen molar-refractivity contribution in [2.24, 2.45) is 4.99 Å². The molecular weight excluding hydrogens is 414 g/mol. The summed E-state index contributed by atoms with van der Waals surface area (Å²) >= 11 is 0. The van der Waals surface area contributed by atoms with E-state index in [-0.39, 0.29) is 12.1 Å². The summed E-state index contributed by atoms with van der Waals surface area (Å²) in [6.07, 6.45) is 4.60. The highest BCUT2D eigenvalue weighted by molar-refractivity contribution is 5.89.